The number of carbonyl (C=O) groups excluding carboxylic acids is 1. The minimum Gasteiger partial charge on any atom is -0.497 e. The number of ether oxygens (including phenoxy) is 3. The third-order valence-electron chi connectivity index (χ3n) is 4.46. The Hall–Kier alpha value is -2.69. The van der Waals surface area contributed by atoms with Gasteiger partial charge in [0.2, 0.25) is 5.91 Å². The lowest BCUT2D eigenvalue weighted by Crippen LogP contribution is -2.16. The summed E-state index contributed by atoms with van der Waals surface area (Å²) in [5.41, 5.74) is 1.89. The summed E-state index contributed by atoms with van der Waals surface area (Å²) < 4.78 is 16.3. The van der Waals surface area contributed by atoms with Crippen molar-refractivity contribution in [2.75, 3.05) is 25.6 Å². The lowest BCUT2D eigenvalue weighted by molar-refractivity contribution is -0.117. The number of hydrogen-bond donors (Lipinski definition) is 1. The molecule has 1 saturated carbocycles. The predicted molar refractivity (Wildman–Crippen MR) is 89.9 cm³/mol. The predicted octanol–water partition coefficient (Wildman–Crippen LogP) is 3.21. The number of rotatable bonds is 4. The van der Waals surface area contributed by atoms with Gasteiger partial charge in [0.15, 0.2) is 11.5 Å². The third kappa shape index (κ3) is 2.89. The highest BCUT2D eigenvalue weighted by Crippen LogP contribution is 2.49. The summed E-state index contributed by atoms with van der Waals surface area (Å²) in [6.07, 6.45) is 0.857. The van der Waals surface area contributed by atoms with Crippen molar-refractivity contribution in [2.45, 2.75) is 12.3 Å². The molecule has 24 heavy (non-hydrogen) atoms. The molecular formula is C19H19NO4. The molecule has 1 aliphatic carbocycles. The van der Waals surface area contributed by atoms with E-state index in [0.29, 0.717) is 13.2 Å². The molecule has 1 aliphatic heterocycles. The SMILES string of the molecule is COc1cccc(NC(=O)[C@@H]2C[C@@H]2c2ccc3c(c2)OCCO3)c1. The zero-order chi connectivity index (χ0) is 16.5. The smallest absolute Gasteiger partial charge is 0.228 e. The Kier molecular flexibility index (Phi) is 3.76. The summed E-state index contributed by atoms with van der Waals surface area (Å²) in [4.78, 5) is 12.4. The first-order chi connectivity index (χ1) is 11.7. The normalized spacial score (nSPS) is 21.0. The van der Waals surface area contributed by atoms with Crippen molar-refractivity contribution in [3.05, 3.63) is 48.0 Å². The van der Waals surface area contributed by atoms with Crippen LogP contribution in [0.15, 0.2) is 42.5 Å². The Balaban J connectivity index is 1.43. The van der Waals surface area contributed by atoms with Crippen molar-refractivity contribution < 1.29 is 19.0 Å². The molecule has 5 heteroatoms. The number of hydrogen-bond acceptors (Lipinski definition) is 4. The van der Waals surface area contributed by atoms with Gasteiger partial charge in [-0.15, -0.1) is 0 Å². The van der Waals surface area contributed by atoms with Gasteiger partial charge in [0.25, 0.3) is 0 Å². The van der Waals surface area contributed by atoms with Crippen LogP contribution in [0.2, 0.25) is 0 Å². The van der Waals surface area contributed by atoms with Gasteiger partial charge in [-0.05, 0) is 42.2 Å². The van der Waals surface area contributed by atoms with Crippen LogP contribution in [0.1, 0.15) is 17.9 Å². The van der Waals surface area contributed by atoms with Gasteiger partial charge < -0.3 is 19.5 Å². The van der Waals surface area contributed by atoms with Crippen molar-refractivity contribution in [1.29, 1.82) is 0 Å². The summed E-state index contributed by atoms with van der Waals surface area (Å²) >= 11 is 0. The summed E-state index contributed by atoms with van der Waals surface area (Å²) in [6.45, 7) is 1.15. The first-order valence-corrected chi connectivity index (χ1v) is 8.09. The molecule has 124 valence electrons. The van der Waals surface area contributed by atoms with Crippen LogP contribution in [-0.2, 0) is 4.79 Å². The van der Waals surface area contributed by atoms with Crippen molar-refractivity contribution in [1.82, 2.24) is 0 Å². The van der Waals surface area contributed by atoms with E-state index >= 15 is 0 Å². The maximum Gasteiger partial charge on any atom is 0.228 e. The van der Waals surface area contributed by atoms with E-state index in [0.717, 1.165) is 34.9 Å². The zero-order valence-corrected chi connectivity index (χ0v) is 13.5. The Morgan fingerprint density at radius 1 is 1.12 bits per heavy atom. The minimum absolute atomic E-state index is 0.00115. The summed E-state index contributed by atoms with van der Waals surface area (Å²) in [6, 6.07) is 13.3. The number of fused-ring (bicyclic) bond motifs is 1. The first kappa shape index (κ1) is 14.9. The highest BCUT2D eigenvalue weighted by Gasteiger charge is 2.44. The van der Waals surface area contributed by atoms with E-state index in [1.807, 2.05) is 42.5 Å². The van der Waals surface area contributed by atoms with Gasteiger partial charge in [-0.2, -0.15) is 0 Å². The standard InChI is InChI=1S/C19H19NO4/c1-22-14-4-2-3-13(10-14)20-19(21)16-11-15(16)12-5-6-17-18(9-12)24-8-7-23-17/h2-6,9-10,15-16H,7-8,11H2,1H3,(H,20,21)/t15-,16-/m1/s1. The van der Waals surface area contributed by atoms with Crippen LogP contribution >= 0.6 is 0 Å². The first-order valence-electron chi connectivity index (χ1n) is 8.09. The van der Waals surface area contributed by atoms with Crippen LogP contribution < -0.4 is 19.5 Å². The molecule has 2 aliphatic rings. The molecule has 1 heterocycles. The molecular weight excluding hydrogens is 306 g/mol. The van der Waals surface area contributed by atoms with Crippen molar-refractivity contribution in [2.24, 2.45) is 5.92 Å². The number of benzene rings is 2. The molecule has 4 rings (SSSR count). The number of nitrogens with one attached hydrogen (secondary N) is 1. The molecule has 0 saturated heterocycles. The summed E-state index contributed by atoms with van der Waals surface area (Å²) in [5.74, 6) is 2.57. The molecule has 1 fully saturated rings. The zero-order valence-electron chi connectivity index (χ0n) is 13.5. The topological polar surface area (TPSA) is 56.8 Å². The second kappa shape index (κ2) is 6.07. The van der Waals surface area contributed by atoms with Crippen LogP contribution in [0.4, 0.5) is 5.69 Å². The molecule has 2 atom stereocenters. The lowest BCUT2D eigenvalue weighted by Gasteiger charge is -2.18. The summed E-state index contributed by atoms with van der Waals surface area (Å²) in [5, 5.41) is 2.97. The Bertz CT molecular complexity index is 774. The fourth-order valence-corrected chi connectivity index (χ4v) is 3.08. The maximum absolute atomic E-state index is 12.4. The highest BCUT2D eigenvalue weighted by atomic mass is 16.6. The fourth-order valence-electron chi connectivity index (χ4n) is 3.08. The average Bonchev–Trinajstić information content (AvgIpc) is 3.42. The van der Waals surface area contributed by atoms with Gasteiger partial charge in [-0.1, -0.05) is 12.1 Å². The van der Waals surface area contributed by atoms with E-state index in [1.165, 1.54) is 0 Å². The molecule has 1 N–H and O–H groups in total. The van der Waals surface area contributed by atoms with Gasteiger partial charge in [0, 0.05) is 17.7 Å². The number of anilines is 1. The van der Waals surface area contributed by atoms with Crippen LogP contribution in [-0.4, -0.2) is 26.2 Å². The minimum atomic E-state index is -0.00115. The molecule has 0 spiro atoms. The van der Waals surface area contributed by atoms with E-state index in [-0.39, 0.29) is 17.7 Å². The number of amides is 1. The molecule has 2 aromatic carbocycles. The van der Waals surface area contributed by atoms with Gasteiger partial charge in [0.05, 0.1) is 7.11 Å². The van der Waals surface area contributed by atoms with E-state index in [4.69, 9.17) is 14.2 Å². The van der Waals surface area contributed by atoms with E-state index in [2.05, 4.69) is 5.32 Å². The van der Waals surface area contributed by atoms with Gasteiger partial charge >= 0.3 is 0 Å². The van der Waals surface area contributed by atoms with E-state index < -0.39 is 0 Å². The molecule has 2 aromatic rings. The van der Waals surface area contributed by atoms with Crippen molar-refractivity contribution in [3.8, 4) is 17.2 Å². The average molecular weight is 325 g/mol. The largest absolute Gasteiger partial charge is 0.497 e. The molecule has 0 radical (unpaired) electrons. The Morgan fingerprint density at radius 2 is 1.96 bits per heavy atom. The second-order valence-corrected chi connectivity index (χ2v) is 6.07. The molecule has 5 nitrogen and oxygen atoms in total. The molecule has 0 unspecified atom stereocenters. The highest BCUT2D eigenvalue weighted by molar-refractivity contribution is 5.95. The van der Waals surface area contributed by atoms with E-state index in [1.54, 1.807) is 7.11 Å². The van der Waals surface area contributed by atoms with Crippen molar-refractivity contribution >= 4 is 11.6 Å². The quantitative estimate of drug-likeness (QED) is 0.938. The molecule has 0 aromatic heterocycles. The number of methoxy groups -OCH3 is 1. The monoisotopic (exact) mass is 325 g/mol. The van der Waals surface area contributed by atoms with Gasteiger partial charge in [0.1, 0.15) is 19.0 Å². The third-order valence-corrected chi connectivity index (χ3v) is 4.46. The van der Waals surface area contributed by atoms with Crippen LogP contribution in [0.25, 0.3) is 0 Å². The maximum atomic E-state index is 12.4. The molecule has 1 amide bonds. The Labute approximate surface area is 140 Å². The Morgan fingerprint density at radius 3 is 2.79 bits per heavy atom. The molecule has 0 bridgehead atoms. The van der Waals surface area contributed by atoms with Crippen molar-refractivity contribution in [3.63, 3.8) is 0 Å². The second-order valence-electron chi connectivity index (χ2n) is 6.07. The number of carbonyl (C=O) groups is 1. The lowest BCUT2D eigenvalue weighted by atomic mass is 10.1. The van der Waals surface area contributed by atoms with Gasteiger partial charge in [-0.25, -0.2) is 0 Å². The van der Waals surface area contributed by atoms with Crippen LogP contribution in [0.5, 0.6) is 17.2 Å². The van der Waals surface area contributed by atoms with Gasteiger partial charge in [-0.3, -0.25) is 4.79 Å². The summed E-state index contributed by atoms with van der Waals surface area (Å²) in [7, 11) is 1.61. The van der Waals surface area contributed by atoms with E-state index in [9.17, 15) is 4.79 Å². The van der Waals surface area contributed by atoms with Crippen LogP contribution in [0, 0.1) is 5.92 Å². The van der Waals surface area contributed by atoms with Crippen LogP contribution in [0.3, 0.4) is 0 Å². The fraction of sp³-hybridized carbons (Fsp3) is 0.316.